The van der Waals surface area contributed by atoms with E-state index in [1.165, 1.54) is 6.07 Å². The van der Waals surface area contributed by atoms with E-state index in [1.807, 2.05) is 0 Å². The van der Waals surface area contributed by atoms with Gasteiger partial charge in [0.25, 0.3) is 6.43 Å². The molecule has 0 amide bonds. The van der Waals surface area contributed by atoms with Gasteiger partial charge in [-0.15, -0.1) is 0 Å². The first-order chi connectivity index (χ1) is 6.97. The number of ketones is 1. The van der Waals surface area contributed by atoms with Crippen molar-refractivity contribution in [2.45, 2.75) is 13.3 Å². The third-order valence-corrected chi connectivity index (χ3v) is 1.87. The van der Waals surface area contributed by atoms with Gasteiger partial charge in [0, 0.05) is 5.56 Å². The molecule has 0 aromatic heterocycles. The molecule has 1 aromatic carbocycles. The Bertz CT molecular complexity index is 449. The monoisotopic (exact) mass is 213 g/mol. The molecule has 0 aliphatic heterocycles. The van der Waals surface area contributed by atoms with E-state index in [0.717, 1.165) is 13.0 Å². The minimum absolute atomic E-state index is 0.0894. The molecule has 0 unspecified atom stereocenters. The zero-order chi connectivity index (χ0) is 11.6. The van der Waals surface area contributed by atoms with Crippen LogP contribution in [0.2, 0.25) is 0 Å². The van der Waals surface area contributed by atoms with Crippen molar-refractivity contribution in [2.75, 3.05) is 0 Å². The lowest BCUT2D eigenvalue weighted by Gasteiger charge is -2.05. The number of nitrogens with zero attached hydrogens (tertiary/aromatic N) is 1. The first kappa shape index (κ1) is 11.2. The Labute approximate surface area is 83.9 Å². The first-order valence-electron chi connectivity index (χ1n) is 4.00. The molecule has 0 saturated carbocycles. The van der Waals surface area contributed by atoms with Crippen LogP contribution in [0.5, 0.6) is 0 Å². The molecule has 1 rings (SSSR count). The number of nitriles is 1. The fraction of sp³-hybridized carbons (Fsp3) is 0.200. The van der Waals surface area contributed by atoms with E-state index in [-0.39, 0.29) is 5.56 Å². The van der Waals surface area contributed by atoms with Gasteiger partial charge in [-0.2, -0.15) is 5.26 Å². The molecule has 0 radical (unpaired) electrons. The normalized spacial score (nSPS) is 10.1. The molecule has 15 heavy (non-hydrogen) atoms. The zero-order valence-corrected chi connectivity index (χ0v) is 7.72. The summed E-state index contributed by atoms with van der Waals surface area (Å²) in [7, 11) is 0. The summed E-state index contributed by atoms with van der Waals surface area (Å²) in [6, 6.07) is 3.12. The van der Waals surface area contributed by atoms with Gasteiger partial charge >= 0.3 is 0 Å². The number of carbonyl (C=O) groups excluding carboxylic acids is 1. The van der Waals surface area contributed by atoms with Crippen LogP contribution < -0.4 is 0 Å². The van der Waals surface area contributed by atoms with Gasteiger partial charge in [-0.1, -0.05) is 0 Å². The van der Waals surface area contributed by atoms with E-state index in [0.29, 0.717) is 6.07 Å². The number of hydrogen-bond acceptors (Lipinski definition) is 2. The fourth-order valence-corrected chi connectivity index (χ4v) is 1.14. The van der Waals surface area contributed by atoms with E-state index >= 15 is 0 Å². The van der Waals surface area contributed by atoms with E-state index in [9.17, 15) is 18.0 Å². The van der Waals surface area contributed by atoms with Crippen LogP contribution in [0.25, 0.3) is 0 Å². The summed E-state index contributed by atoms with van der Waals surface area (Å²) in [6.07, 6.45) is -3.07. The lowest BCUT2D eigenvalue weighted by atomic mass is 10.0. The van der Waals surface area contributed by atoms with Gasteiger partial charge in [0.15, 0.2) is 5.78 Å². The Balaban J connectivity index is 3.46. The largest absolute Gasteiger partial charge is 0.295 e. The highest BCUT2D eigenvalue weighted by Crippen LogP contribution is 2.26. The van der Waals surface area contributed by atoms with Crippen LogP contribution in [-0.2, 0) is 0 Å². The SMILES string of the molecule is CC(=O)c1cc(F)c(C(F)F)c(C#N)c1. The number of halogens is 3. The van der Waals surface area contributed by atoms with Crippen LogP contribution in [0.15, 0.2) is 12.1 Å². The van der Waals surface area contributed by atoms with Gasteiger partial charge in [0.1, 0.15) is 5.82 Å². The maximum absolute atomic E-state index is 13.1. The highest BCUT2D eigenvalue weighted by molar-refractivity contribution is 5.94. The maximum Gasteiger partial charge on any atom is 0.267 e. The summed E-state index contributed by atoms with van der Waals surface area (Å²) < 4.78 is 37.8. The first-order valence-corrected chi connectivity index (χ1v) is 4.00. The quantitative estimate of drug-likeness (QED) is 0.708. The summed E-state index contributed by atoms with van der Waals surface area (Å²) in [5.41, 5.74) is -1.55. The van der Waals surface area contributed by atoms with E-state index in [2.05, 4.69) is 0 Å². The predicted octanol–water partition coefficient (Wildman–Crippen LogP) is 2.84. The fourth-order valence-electron chi connectivity index (χ4n) is 1.14. The van der Waals surface area contributed by atoms with E-state index in [4.69, 9.17) is 5.26 Å². The molecular formula is C10H6F3NO. The minimum Gasteiger partial charge on any atom is -0.295 e. The Hall–Kier alpha value is -1.83. The second-order valence-corrected chi connectivity index (χ2v) is 2.89. The molecule has 2 nitrogen and oxygen atoms in total. The summed E-state index contributed by atoms with van der Waals surface area (Å²) in [5, 5.41) is 8.54. The average molecular weight is 213 g/mol. The van der Waals surface area contributed by atoms with Crippen LogP contribution in [0.1, 0.15) is 34.8 Å². The minimum atomic E-state index is -3.07. The lowest BCUT2D eigenvalue weighted by molar-refractivity contribution is 0.101. The van der Waals surface area contributed by atoms with Crippen molar-refractivity contribution in [2.24, 2.45) is 0 Å². The summed E-state index contributed by atoms with van der Waals surface area (Å²) in [5.74, 6) is -1.71. The smallest absolute Gasteiger partial charge is 0.267 e. The van der Waals surface area contributed by atoms with Crippen LogP contribution in [0.4, 0.5) is 13.2 Å². The molecule has 0 bridgehead atoms. The van der Waals surface area contributed by atoms with Crippen LogP contribution in [0.3, 0.4) is 0 Å². The Morgan fingerprint density at radius 1 is 1.47 bits per heavy atom. The number of Topliss-reactive ketones (excluding diaryl/α,β-unsaturated/α-hetero) is 1. The van der Waals surface area contributed by atoms with Gasteiger partial charge in [-0.25, -0.2) is 13.2 Å². The highest BCUT2D eigenvalue weighted by atomic mass is 19.3. The maximum atomic E-state index is 13.1. The summed E-state index contributed by atoms with van der Waals surface area (Å²) in [4.78, 5) is 10.9. The van der Waals surface area contributed by atoms with Crippen molar-refractivity contribution in [1.82, 2.24) is 0 Å². The molecular weight excluding hydrogens is 207 g/mol. The molecule has 0 spiro atoms. The number of benzene rings is 1. The molecule has 0 atom stereocenters. The summed E-state index contributed by atoms with van der Waals surface area (Å²) >= 11 is 0. The topological polar surface area (TPSA) is 40.9 Å². The molecule has 0 saturated heterocycles. The second-order valence-electron chi connectivity index (χ2n) is 2.89. The molecule has 0 aliphatic rings. The zero-order valence-electron chi connectivity index (χ0n) is 7.72. The number of carbonyl (C=O) groups is 1. The van der Waals surface area contributed by atoms with Crippen molar-refractivity contribution in [3.8, 4) is 6.07 Å². The lowest BCUT2D eigenvalue weighted by Crippen LogP contribution is -2.01. The molecule has 0 N–H and O–H groups in total. The molecule has 5 heteroatoms. The average Bonchev–Trinajstić information content (AvgIpc) is 2.15. The van der Waals surface area contributed by atoms with Gasteiger partial charge in [-0.05, 0) is 19.1 Å². The highest BCUT2D eigenvalue weighted by Gasteiger charge is 2.20. The molecule has 78 valence electrons. The molecule has 0 aliphatic carbocycles. The van der Waals surface area contributed by atoms with E-state index in [1.54, 1.807) is 0 Å². The van der Waals surface area contributed by atoms with Gasteiger partial charge in [0.2, 0.25) is 0 Å². The molecule has 0 heterocycles. The van der Waals surface area contributed by atoms with Gasteiger partial charge in [-0.3, -0.25) is 4.79 Å². The Kier molecular flexibility index (Phi) is 3.10. The standard InChI is InChI=1S/C10H6F3NO/c1-5(15)6-2-7(4-14)9(10(12)13)8(11)3-6/h2-3,10H,1H3. The third-order valence-electron chi connectivity index (χ3n) is 1.87. The van der Waals surface area contributed by atoms with Crippen molar-refractivity contribution < 1.29 is 18.0 Å². The second kappa shape index (κ2) is 4.13. The molecule has 1 aromatic rings. The predicted molar refractivity (Wildman–Crippen MR) is 46.1 cm³/mol. The summed E-state index contributed by atoms with van der Waals surface area (Å²) in [6.45, 7) is 1.16. The number of rotatable bonds is 2. The van der Waals surface area contributed by atoms with Crippen molar-refractivity contribution in [1.29, 1.82) is 5.26 Å². The number of alkyl halides is 2. The van der Waals surface area contributed by atoms with Crippen molar-refractivity contribution in [3.05, 3.63) is 34.6 Å². The molecule has 0 fully saturated rings. The Morgan fingerprint density at radius 3 is 2.47 bits per heavy atom. The van der Waals surface area contributed by atoms with E-state index < -0.39 is 29.2 Å². The van der Waals surface area contributed by atoms with Crippen LogP contribution in [-0.4, -0.2) is 5.78 Å². The van der Waals surface area contributed by atoms with Crippen molar-refractivity contribution >= 4 is 5.78 Å². The van der Waals surface area contributed by atoms with Crippen molar-refractivity contribution in [3.63, 3.8) is 0 Å². The number of hydrogen-bond donors (Lipinski definition) is 0. The van der Waals surface area contributed by atoms with Gasteiger partial charge < -0.3 is 0 Å². The third kappa shape index (κ3) is 2.15. The van der Waals surface area contributed by atoms with Crippen LogP contribution in [0, 0.1) is 17.1 Å². The van der Waals surface area contributed by atoms with Crippen LogP contribution >= 0.6 is 0 Å². The Morgan fingerprint density at radius 2 is 2.07 bits per heavy atom. The van der Waals surface area contributed by atoms with Gasteiger partial charge in [0.05, 0.1) is 17.2 Å².